The van der Waals surface area contributed by atoms with Crippen LogP contribution in [0.15, 0.2) is 0 Å². The van der Waals surface area contributed by atoms with Crippen LogP contribution >= 0.6 is 11.8 Å². The zero-order valence-corrected chi connectivity index (χ0v) is 7.69. The predicted octanol–water partition coefficient (Wildman–Crippen LogP) is 2.11. The summed E-state index contributed by atoms with van der Waals surface area (Å²) in [6.45, 7) is 2.18. The van der Waals surface area contributed by atoms with Gasteiger partial charge in [-0.3, -0.25) is 4.79 Å². The summed E-state index contributed by atoms with van der Waals surface area (Å²) in [5.41, 5.74) is 0. The van der Waals surface area contributed by atoms with Crippen molar-refractivity contribution in [3.63, 3.8) is 0 Å². The molecule has 62 valence electrons. The van der Waals surface area contributed by atoms with E-state index in [2.05, 4.69) is 6.92 Å². The summed E-state index contributed by atoms with van der Waals surface area (Å²) < 4.78 is 0. The molecule has 0 bridgehead atoms. The van der Waals surface area contributed by atoms with Crippen LogP contribution in [0.5, 0.6) is 0 Å². The lowest BCUT2D eigenvalue weighted by molar-refractivity contribution is -0.120. The van der Waals surface area contributed by atoms with Crippen molar-refractivity contribution in [3.8, 4) is 0 Å². The summed E-state index contributed by atoms with van der Waals surface area (Å²) in [6.07, 6.45) is 3.56. The van der Waals surface area contributed by atoms with E-state index in [1.54, 1.807) is 0 Å². The van der Waals surface area contributed by atoms with Gasteiger partial charge in [-0.1, -0.05) is 6.92 Å². The van der Waals surface area contributed by atoms with E-state index < -0.39 is 0 Å². The normalized spacial score (nSPS) is 42.5. The van der Waals surface area contributed by atoms with E-state index in [9.17, 15) is 4.79 Å². The Hall–Kier alpha value is 0.0200. The molecule has 0 aromatic rings. The third-order valence-electron chi connectivity index (χ3n) is 2.72. The van der Waals surface area contributed by atoms with Gasteiger partial charge in [-0.2, -0.15) is 11.8 Å². The minimum absolute atomic E-state index is 0.380. The summed E-state index contributed by atoms with van der Waals surface area (Å²) in [5.74, 6) is 2.91. The Morgan fingerprint density at radius 1 is 1.55 bits per heavy atom. The number of rotatable bonds is 2. The van der Waals surface area contributed by atoms with E-state index in [1.807, 2.05) is 11.8 Å². The van der Waals surface area contributed by atoms with Gasteiger partial charge in [-0.25, -0.2) is 0 Å². The SMILES string of the molecule is CC1CC1C(=O)C1CCCS1. The first-order chi connectivity index (χ1) is 5.29. The van der Waals surface area contributed by atoms with Crippen molar-refractivity contribution < 1.29 is 4.79 Å². The maximum Gasteiger partial charge on any atom is 0.149 e. The van der Waals surface area contributed by atoms with Gasteiger partial charge in [-0.05, 0) is 30.9 Å². The van der Waals surface area contributed by atoms with Gasteiger partial charge in [0.2, 0.25) is 0 Å². The van der Waals surface area contributed by atoms with Crippen LogP contribution < -0.4 is 0 Å². The van der Waals surface area contributed by atoms with E-state index in [0.29, 0.717) is 22.9 Å². The Labute approximate surface area is 71.9 Å². The molecule has 0 radical (unpaired) electrons. The summed E-state index contributed by atoms with van der Waals surface area (Å²) in [4.78, 5) is 11.6. The Balaban J connectivity index is 1.89. The molecule has 0 N–H and O–H groups in total. The van der Waals surface area contributed by atoms with Crippen LogP contribution in [-0.2, 0) is 4.79 Å². The Bertz CT molecular complexity index is 172. The molecule has 0 spiro atoms. The first kappa shape index (κ1) is 7.66. The molecule has 11 heavy (non-hydrogen) atoms. The summed E-state index contributed by atoms with van der Waals surface area (Å²) in [5, 5.41) is 0.380. The molecule has 1 saturated carbocycles. The van der Waals surface area contributed by atoms with Crippen LogP contribution in [0.4, 0.5) is 0 Å². The van der Waals surface area contributed by atoms with Gasteiger partial charge in [-0.15, -0.1) is 0 Å². The number of Topliss-reactive ketones (excluding diaryl/α,β-unsaturated/α-hetero) is 1. The van der Waals surface area contributed by atoms with Crippen molar-refractivity contribution in [1.82, 2.24) is 0 Å². The minimum Gasteiger partial charge on any atom is -0.298 e. The van der Waals surface area contributed by atoms with E-state index in [-0.39, 0.29) is 0 Å². The minimum atomic E-state index is 0.380. The topological polar surface area (TPSA) is 17.1 Å². The van der Waals surface area contributed by atoms with Crippen LogP contribution in [0.1, 0.15) is 26.2 Å². The molecular formula is C9H14OS. The molecular weight excluding hydrogens is 156 g/mol. The van der Waals surface area contributed by atoms with Crippen LogP contribution in [0.3, 0.4) is 0 Å². The fraction of sp³-hybridized carbons (Fsp3) is 0.889. The van der Waals surface area contributed by atoms with Gasteiger partial charge >= 0.3 is 0 Å². The van der Waals surface area contributed by atoms with Gasteiger partial charge in [0.15, 0.2) is 0 Å². The number of hydrogen-bond donors (Lipinski definition) is 0. The molecule has 1 aliphatic heterocycles. The Morgan fingerprint density at radius 2 is 2.27 bits per heavy atom. The van der Waals surface area contributed by atoms with Crippen molar-refractivity contribution in [1.29, 1.82) is 0 Å². The summed E-state index contributed by atoms with van der Waals surface area (Å²) in [6, 6.07) is 0. The number of carbonyl (C=O) groups is 1. The molecule has 3 atom stereocenters. The smallest absolute Gasteiger partial charge is 0.149 e. The largest absolute Gasteiger partial charge is 0.298 e. The fourth-order valence-electron chi connectivity index (χ4n) is 1.76. The Morgan fingerprint density at radius 3 is 2.73 bits per heavy atom. The van der Waals surface area contributed by atoms with E-state index in [1.165, 1.54) is 12.2 Å². The van der Waals surface area contributed by atoms with Gasteiger partial charge in [0, 0.05) is 5.92 Å². The van der Waals surface area contributed by atoms with E-state index >= 15 is 0 Å². The molecule has 1 nitrogen and oxygen atoms in total. The lowest BCUT2D eigenvalue weighted by Crippen LogP contribution is -2.16. The van der Waals surface area contributed by atoms with Crippen LogP contribution in [-0.4, -0.2) is 16.8 Å². The average Bonchev–Trinajstić information content (AvgIpc) is 2.56. The first-order valence-corrected chi connectivity index (χ1v) is 5.49. The molecule has 0 amide bonds. The highest BCUT2D eigenvalue weighted by Gasteiger charge is 2.42. The van der Waals surface area contributed by atoms with Gasteiger partial charge in [0.1, 0.15) is 5.78 Å². The fourth-order valence-corrected chi connectivity index (χ4v) is 3.05. The Kier molecular flexibility index (Phi) is 1.96. The van der Waals surface area contributed by atoms with E-state index in [0.717, 1.165) is 12.8 Å². The number of thioether (sulfide) groups is 1. The molecule has 1 aliphatic carbocycles. The molecule has 0 aromatic heterocycles. The zero-order valence-electron chi connectivity index (χ0n) is 6.88. The third-order valence-corrected chi connectivity index (χ3v) is 4.12. The van der Waals surface area contributed by atoms with Crippen molar-refractivity contribution in [2.75, 3.05) is 5.75 Å². The van der Waals surface area contributed by atoms with Gasteiger partial charge in [0.05, 0.1) is 5.25 Å². The van der Waals surface area contributed by atoms with Crippen molar-refractivity contribution in [2.45, 2.75) is 31.4 Å². The standard InChI is InChI=1S/C9H14OS/c1-6-5-7(6)9(10)8-3-2-4-11-8/h6-8H,2-5H2,1H3. The second-order valence-electron chi connectivity index (χ2n) is 3.72. The van der Waals surface area contributed by atoms with Gasteiger partial charge in [0.25, 0.3) is 0 Å². The molecule has 1 heterocycles. The average molecular weight is 170 g/mol. The van der Waals surface area contributed by atoms with Crippen molar-refractivity contribution >= 4 is 17.5 Å². The molecule has 2 aliphatic rings. The highest BCUT2D eigenvalue weighted by atomic mass is 32.2. The lowest BCUT2D eigenvalue weighted by atomic mass is 10.1. The second-order valence-corrected chi connectivity index (χ2v) is 5.03. The van der Waals surface area contributed by atoms with Crippen LogP contribution in [0.25, 0.3) is 0 Å². The summed E-state index contributed by atoms with van der Waals surface area (Å²) in [7, 11) is 0. The quantitative estimate of drug-likeness (QED) is 0.631. The number of ketones is 1. The van der Waals surface area contributed by atoms with Gasteiger partial charge < -0.3 is 0 Å². The molecule has 3 unspecified atom stereocenters. The monoisotopic (exact) mass is 170 g/mol. The highest BCUT2D eigenvalue weighted by molar-refractivity contribution is 8.00. The van der Waals surface area contributed by atoms with Crippen LogP contribution in [0.2, 0.25) is 0 Å². The molecule has 0 aromatic carbocycles. The molecule has 2 heteroatoms. The molecule has 2 fully saturated rings. The zero-order chi connectivity index (χ0) is 7.84. The third kappa shape index (κ3) is 1.46. The van der Waals surface area contributed by atoms with Crippen molar-refractivity contribution in [3.05, 3.63) is 0 Å². The number of hydrogen-bond acceptors (Lipinski definition) is 2. The maximum atomic E-state index is 11.6. The summed E-state index contributed by atoms with van der Waals surface area (Å²) >= 11 is 1.87. The predicted molar refractivity (Wildman–Crippen MR) is 47.8 cm³/mol. The number of carbonyl (C=O) groups excluding carboxylic acids is 1. The lowest BCUT2D eigenvalue weighted by Gasteiger charge is -2.04. The molecule has 2 rings (SSSR count). The second kappa shape index (κ2) is 2.81. The molecule has 1 saturated heterocycles. The van der Waals surface area contributed by atoms with E-state index in [4.69, 9.17) is 0 Å². The highest BCUT2D eigenvalue weighted by Crippen LogP contribution is 2.42. The first-order valence-electron chi connectivity index (χ1n) is 4.44. The van der Waals surface area contributed by atoms with Crippen molar-refractivity contribution in [2.24, 2.45) is 11.8 Å². The van der Waals surface area contributed by atoms with Crippen LogP contribution in [0, 0.1) is 11.8 Å². The maximum absolute atomic E-state index is 11.6.